The van der Waals surface area contributed by atoms with Crippen LogP contribution in [0.3, 0.4) is 0 Å². The van der Waals surface area contributed by atoms with Gasteiger partial charge in [0.15, 0.2) is 11.6 Å². The molecule has 0 saturated carbocycles. The third-order valence-corrected chi connectivity index (χ3v) is 5.77. The second-order valence-electron chi connectivity index (χ2n) is 7.96. The highest BCUT2D eigenvalue weighted by molar-refractivity contribution is 5.94. The lowest BCUT2D eigenvalue weighted by Gasteiger charge is -2.21. The number of aromatic nitrogens is 3. The van der Waals surface area contributed by atoms with Crippen molar-refractivity contribution in [2.75, 3.05) is 24.6 Å². The van der Waals surface area contributed by atoms with Crippen molar-refractivity contribution in [2.24, 2.45) is 5.73 Å². The Labute approximate surface area is 184 Å². The van der Waals surface area contributed by atoms with Crippen molar-refractivity contribution in [2.45, 2.75) is 39.3 Å². The third kappa shape index (κ3) is 4.08. The topological polar surface area (TPSA) is 103 Å². The van der Waals surface area contributed by atoms with Gasteiger partial charge < -0.3 is 19.9 Å². The van der Waals surface area contributed by atoms with E-state index in [0.29, 0.717) is 31.7 Å². The monoisotopic (exact) mass is 439 g/mol. The first-order valence-electron chi connectivity index (χ1n) is 10.7. The van der Waals surface area contributed by atoms with Crippen molar-refractivity contribution in [1.29, 1.82) is 0 Å². The van der Waals surface area contributed by atoms with E-state index in [9.17, 15) is 9.59 Å². The molecule has 1 atom stereocenters. The molecule has 32 heavy (non-hydrogen) atoms. The Morgan fingerprint density at radius 2 is 2.09 bits per heavy atom. The summed E-state index contributed by atoms with van der Waals surface area (Å²) in [4.78, 5) is 36.0. The van der Waals surface area contributed by atoms with Gasteiger partial charge in [-0.25, -0.2) is 14.2 Å². The third-order valence-electron chi connectivity index (χ3n) is 5.77. The first kappa shape index (κ1) is 21.9. The molecule has 3 aromatic rings. The zero-order valence-corrected chi connectivity index (χ0v) is 18.2. The summed E-state index contributed by atoms with van der Waals surface area (Å²) < 4.78 is 22.1. The minimum absolute atomic E-state index is 0.0488. The molecule has 0 aliphatic carbocycles. The van der Waals surface area contributed by atoms with Crippen LogP contribution in [0.5, 0.6) is 0 Å². The van der Waals surface area contributed by atoms with Crippen LogP contribution in [0.4, 0.5) is 10.2 Å². The van der Waals surface area contributed by atoms with Crippen LogP contribution in [0.25, 0.3) is 11.0 Å². The summed E-state index contributed by atoms with van der Waals surface area (Å²) in [5.74, 6) is -1.11. The Hall–Kier alpha value is -3.33. The molecule has 1 aliphatic heterocycles. The van der Waals surface area contributed by atoms with Gasteiger partial charge in [-0.15, -0.1) is 0 Å². The summed E-state index contributed by atoms with van der Waals surface area (Å²) in [6.45, 7) is 4.87. The average Bonchev–Trinajstić information content (AvgIpc) is 3.22. The van der Waals surface area contributed by atoms with Gasteiger partial charge in [-0.3, -0.25) is 9.78 Å². The molecule has 1 unspecified atom stereocenters. The summed E-state index contributed by atoms with van der Waals surface area (Å²) in [5, 5.41) is 0.0926. The maximum atomic E-state index is 15.3. The number of carbonyl (C=O) groups excluding carboxylic acids is 1. The number of aryl methyl sites for hydroxylation is 3. The summed E-state index contributed by atoms with van der Waals surface area (Å²) in [5.41, 5.74) is 6.84. The number of halogens is 1. The van der Waals surface area contributed by atoms with E-state index >= 15 is 4.39 Å². The molecule has 0 aromatic carbocycles. The number of esters is 1. The number of hydrogen-bond acceptors (Lipinski definition) is 7. The first-order chi connectivity index (χ1) is 15.4. The average molecular weight is 439 g/mol. The van der Waals surface area contributed by atoms with Crippen LogP contribution < -0.4 is 16.1 Å². The van der Waals surface area contributed by atoms with E-state index in [0.717, 1.165) is 12.0 Å². The van der Waals surface area contributed by atoms with Crippen molar-refractivity contribution in [1.82, 2.24) is 14.5 Å². The number of fused-ring (bicyclic) bond motifs is 1. The smallest absolute Gasteiger partial charge is 0.343 e. The molecular formula is C23H26FN5O3. The molecule has 168 valence electrons. The lowest BCUT2D eigenvalue weighted by molar-refractivity contribution is 0.0524. The standard InChI is InChI=1S/C23H26FN5O3/c1-3-32-23(31)17-13-29(10-6-15-4-8-26-9-5-15)21-18(20(17)30)14(2)19(24)22(27-21)28-11-7-16(25)12-28/h4-5,8-9,13,16H,3,6-7,10-12,25H2,1-2H3. The second-order valence-corrected chi connectivity index (χ2v) is 7.96. The largest absolute Gasteiger partial charge is 0.462 e. The molecule has 1 fully saturated rings. The second kappa shape index (κ2) is 9.04. The van der Waals surface area contributed by atoms with Gasteiger partial charge in [0.1, 0.15) is 11.2 Å². The van der Waals surface area contributed by atoms with Gasteiger partial charge in [-0.05, 0) is 44.4 Å². The molecule has 2 N–H and O–H groups in total. The molecule has 1 aliphatic rings. The number of rotatable bonds is 6. The Balaban J connectivity index is 1.88. The Morgan fingerprint density at radius 3 is 2.75 bits per heavy atom. The lowest BCUT2D eigenvalue weighted by atomic mass is 10.1. The molecule has 9 heteroatoms. The van der Waals surface area contributed by atoms with Gasteiger partial charge in [0.2, 0.25) is 5.43 Å². The Bertz CT molecular complexity index is 1210. The number of carbonyl (C=O) groups is 1. The highest BCUT2D eigenvalue weighted by atomic mass is 19.1. The summed E-state index contributed by atoms with van der Waals surface area (Å²) in [6.07, 6.45) is 6.23. The lowest BCUT2D eigenvalue weighted by Crippen LogP contribution is -2.29. The van der Waals surface area contributed by atoms with Crippen LogP contribution in [-0.2, 0) is 17.7 Å². The van der Waals surface area contributed by atoms with Gasteiger partial charge in [0.05, 0.1) is 12.0 Å². The Kier molecular flexibility index (Phi) is 6.18. The maximum Gasteiger partial charge on any atom is 0.343 e. The molecule has 0 amide bonds. The van der Waals surface area contributed by atoms with E-state index in [-0.39, 0.29) is 35.0 Å². The predicted molar refractivity (Wildman–Crippen MR) is 119 cm³/mol. The number of ether oxygens (including phenoxy) is 1. The zero-order chi connectivity index (χ0) is 22.8. The van der Waals surface area contributed by atoms with Crippen LogP contribution in [0.2, 0.25) is 0 Å². The van der Waals surface area contributed by atoms with E-state index in [4.69, 9.17) is 10.5 Å². The quantitative estimate of drug-likeness (QED) is 0.587. The van der Waals surface area contributed by atoms with Crippen molar-refractivity contribution in [3.8, 4) is 0 Å². The summed E-state index contributed by atoms with van der Waals surface area (Å²) in [7, 11) is 0. The number of anilines is 1. The van der Waals surface area contributed by atoms with E-state index in [2.05, 4.69) is 9.97 Å². The fraction of sp³-hybridized carbons (Fsp3) is 0.391. The highest BCUT2D eigenvalue weighted by Crippen LogP contribution is 2.28. The molecule has 0 bridgehead atoms. The molecule has 0 spiro atoms. The van der Waals surface area contributed by atoms with Gasteiger partial charge in [-0.1, -0.05) is 0 Å². The van der Waals surface area contributed by atoms with Gasteiger partial charge in [0.25, 0.3) is 0 Å². The fourth-order valence-corrected chi connectivity index (χ4v) is 4.05. The van der Waals surface area contributed by atoms with Crippen molar-refractivity contribution < 1.29 is 13.9 Å². The normalized spacial score (nSPS) is 16.0. The van der Waals surface area contributed by atoms with Crippen molar-refractivity contribution in [3.05, 3.63) is 63.5 Å². The molecule has 4 rings (SSSR count). The molecule has 3 aromatic heterocycles. The number of hydrogen-bond donors (Lipinski definition) is 1. The fourth-order valence-electron chi connectivity index (χ4n) is 4.05. The number of nitrogens with zero attached hydrogens (tertiary/aromatic N) is 4. The predicted octanol–water partition coefficient (Wildman–Crippen LogP) is 2.20. The van der Waals surface area contributed by atoms with E-state index in [1.165, 1.54) is 6.20 Å². The van der Waals surface area contributed by atoms with Gasteiger partial charge >= 0.3 is 5.97 Å². The van der Waals surface area contributed by atoms with Crippen LogP contribution in [0, 0.1) is 12.7 Å². The van der Waals surface area contributed by atoms with Gasteiger partial charge in [-0.2, -0.15) is 0 Å². The Morgan fingerprint density at radius 1 is 1.34 bits per heavy atom. The first-order valence-corrected chi connectivity index (χ1v) is 10.7. The summed E-state index contributed by atoms with van der Waals surface area (Å²) in [6, 6.07) is 3.74. The highest BCUT2D eigenvalue weighted by Gasteiger charge is 2.27. The minimum atomic E-state index is -0.730. The van der Waals surface area contributed by atoms with Crippen LogP contribution in [0.15, 0.2) is 35.5 Å². The maximum absolute atomic E-state index is 15.3. The van der Waals surface area contributed by atoms with E-state index in [1.807, 2.05) is 17.0 Å². The SMILES string of the molecule is CCOC(=O)c1cn(CCc2ccncc2)c2nc(N3CCC(N)C3)c(F)c(C)c2c1=O. The molecule has 8 nitrogen and oxygen atoms in total. The summed E-state index contributed by atoms with van der Waals surface area (Å²) >= 11 is 0. The van der Waals surface area contributed by atoms with E-state index < -0.39 is 17.2 Å². The van der Waals surface area contributed by atoms with E-state index in [1.54, 1.807) is 30.8 Å². The molecule has 4 heterocycles. The van der Waals surface area contributed by atoms with Gasteiger partial charge in [0, 0.05) is 49.8 Å². The minimum Gasteiger partial charge on any atom is -0.462 e. The van der Waals surface area contributed by atoms with Crippen LogP contribution in [-0.4, -0.2) is 46.2 Å². The zero-order valence-electron chi connectivity index (χ0n) is 18.2. The van der Waals surface area contributed by atoms with Crippen LogP contribution >= 0.6 is 0 Å². The molecule has 0 radical (unpaired) electrons. The number of pyridine rings is 3. The molecular weight excluding hydrogens is 413 g/mol. The van der Waals surface area contributed by atoms with Crippen molar-refractivity contribution in [3.63, 3.8) is 0 Å². The van der Waals surface area contributed by atoms with Crippen molar-refractivity contribution >= 4 is 22.8 Å². The van der Waals surface area contributed by atoms with Crippen LogP contribution in [0.1, 0.15) is 34.8 Å². The molecule has 1 saturated heterocycles. The number of nitrogens with two attached hydrogens (primary N) is 1.